The van der Waals surface area contributed by atoms with Crippen LogP contribution in [0.3, 0.4) is 0 Å². The SMILES string of the molecule is COc1ccc(CN2C[C@@H](O)COC[C@@H]3O[C@H](CC(=O)N4CCc5ccccc5C4)CC[C@H]32)cc1. The number of aliphatic hydroxyl groups is 1. The lowest BCUT2D eigenvalue weighted by Gasteiger charge is -2.44. The molecule has 2 fully saturated rings. The lowest BCUT2D eigenvalue weighted by Crippen LogP contribution is -2.55. The van der Waals surface area contributed by atoms with Crippen molar-refractivity contribution in [1.82, 2.24) is 9.80 Å². The van der Waals surface area contributed by atoms with E-state index in [2.05, 4.69) is 35.2 Å². The zero-order valence-corrected chi connectivity index (χ0v) is 20.5. The van der Waals surface area contributed by atoms with Crippen molar-refractivity contribution in [1.29, 1.82) is 0 Å². The van der Waals surface area contributed by atoms with Gasteiger partial charge in [-0.2, -0.15) is 0 Å². The number of benzene rings is 2. The second kappa shape index (κ2) is 11.1. The standard InChI is InChI=1S/C28H36N2O5/c1-33-24-8-6-20(7-9-24)15-30-17-23(31)18-34-19-27-26(30)11-10-25(35-27)14-28(32)29-13-12-21-4-2-3-5-22(21)16-29/h2-9,23,25-27,31H,10-19H2,1H3/t23-,25+,26-,27+/m1/s1. The number of carbonyl (C=O) groups is 1. The first kappa shape index (κ1) is 24.3. The average Bonchev–Trinajstić information content (AvgIpc) is 2.88. The molecule has 0 spiro atoms. The van der Waals surface area contributed by atoms with E-state index in [9.17, 15) is 9.90 Å². The van der Waals surface area contributed by atoms with Gasteiger partial charge >= 0.3 is 0 Å². The van der Waals surface area contributed by atoms with Crippen LogP contribution in [-0.2, 0) is 33.8 Å². The molecule has 3 aliphatic rings. The molecular weight excluding hydrogens is 444 g/mol. The Morgan fingerprint density at radius 2 is 1.89 bits per heavy atom. The lowest BCUT2D eigenvalue weighted by molar-refractivity contribution is -0.161. The van der Waals surface area contributed by atoms with Crippen LogP contribution >= 0.6 is 0 Å². The van der Waals surface area contributed by atoms with Crippen LogP contribution in [0.25, 0.3) is 0 Å². The van der Waals surface area contributed by atoms with Gasteiger partial charge < -0.3 is 24.2 Å². The van der Waals surface area contributed by atoms with E-state index < -0.39 is 6.10 Å². The molecule has 0 unspecified atom stereocenters. The Bertz CT molecular complexity index is 997. The molecule has 3 aliphatic heterocycles. The molecule has 2 aromatic rings. The minimum Gasteiger partial charge on any atom is -0.497 e. The predicted octanol–water partition coefficient (Wildman–Crippen LogP) is 2.78. The Balaban J connectivity index is 1.21. The monoisotopic (exact) mass is 480 g/mol. The maximum atomic E-state index is 13.1. The van der Waals surface area contributed by atoms with Crippen molar-refractivity contribution >= 4 is 5.91 Å². The maximum Gasteiger partial charge on any atom is 0.225 e. The Morgan fingerprint density at radius 3 is 2.69 bits per heavy atom. The van der Waals surface area contributed by atoms with Gasteiger partial charge in [-0.25, -0.2) is 0 Å². The minimum atomic E-state index is -0.532. The Morgan fingerprint density at radius 1 is 1.09 bits per heavy atom. The van der Waals surface area contributed by atoms with Crippen LogP contribution in [0.5, 0.6) is 5.75 Å². The highest BCUT2D eigenvalue weighted by molar-refractivity contribution is 5.77. The number of ether oxygens (including phenoxy) is 3. The second-order valence-electron chi connectivity index (χ2n) is 9.95. The molecule has 0 aliphatic carbocycles. The van der Waals surface area contributed by atoms with E-state index in [1.807, 2.05) is 23.1 Å². The average molecular weight is 481 g/mol. The van der Waals surface area contributed by atoms with E-state index in [0.717, 1.165) is 38.1 Å². The topological polar surface area (TPSA) is 71.5 Å². The number of nitrogens with zero attached hydrogens (tertiary/aromatic N) is 2. The Kier molecular flexibility index (Phi) is 7.68. The first-order valence-electron chi connectivity index (χ1n) is 12.7. The first-order chi connectivity index (χ1) is 17.1. The summed E-state index contributed by atoms with van der Waals surface area (Å²) in [5, 5.41) is 10.4. The van der Waals surface area contributed by atoms with E-state index >= 15 is 0 Å². The highest BCUT2D eigenvalue weighted by atomic mass is 16.5. The normalized spacial score (nSPS) is 27.3. The van der Waals surface area contributed by atoms with Crippen molar-refractivity contribution in [3.63, 3.8) is 0 Å². The van der Waals surface area contributed by atoms with Crippen LogP contribution in [0.2, 0.25) is 0 Å². The Labute approximate surface area is 207 Å². The molecule has 0 radical (unpaired) electrons. The molecule has 7 heteroatoms. The van der Waals surface area contributed by atoms with Crippen LogP contribution in [0.1, 0.15) is 36.0 Å². The number of methoxy groups -OCH3 is 1. The number of carbonyl (C=O) groups excluding carboxylic acids is 1. The van der Waals surface area contributed by atoms with Gasteiger partial charge in [-0.3, -0.25) is 9.69 Å². The fourth-order valence-corrected chi connectivity index (χ4v) is 5.63. The summed E-state index contributed by atoms with van der Waals surface area (Å²) in [6.07, 6.45) is 2.31. The van der Waals surface area contributed by atoms with E-state index in [-0.39, 0.29) is 24.2 Å². The van der Waals surface area contributed by atoms with Gasteiger partial charge in [0.25, 0.3) is 0 Å². The third-order valence-corrected chi connectivity index (χ3v) is 7.52. The molecule has 4 atom stereocenters. The van der Waals surface area contributed by atoms with Crippen molar-refractivity contribution in [3.8, 4) is 5.75 Å². The molecule has 3 heterocycles. The molecule has 7 nitrogen and oxygen atoms in total. The van der Waals surface area contributed by atoms with Crippen molar-refractivity contribution in [2.75, 3.05) is 33.4 Å². The summed E-state index contributed by atoms with van der Waals surface area (Å²) in [4.78, 5) is 17.4. The summed E-state index contributed by atoms with van der Waals surface area (Å²) >= 11 is 0. The lowest BCUT2D eigenvalue weighted by atomic mass is 9.93. The predicted molar refractivity (Wildman–Crippen MR) is 132 cm³/mol. The van der Waals surface area contributed by atoms with Crippen molar-refractivity contribution in [2.24, 2.45) is 0 Å². The molecular formula is C28H36N2O5. The van der Waals surface area contributed by atoms with Gasteiger partial charge in [0.1, 0.15) is 5.75 Å². The fourth-order valence-electron chi connectivity index (χ4n) is 5.63. The van der Waals surface area contributed by atoms with Crippen LogP contribution in [0, 0.1) is 0 Å². The third-order valence-electron chi connectivity index (χ3n) is 7.52. The van der Waals surface area contributed by atoms with Gasteiger partial charge in [0.05, 0.1) is 45.1 Å². The molecule has 35 heavy (non-hydrogen) atoms. The number of rotatable bonds is 5. The number of hydrogen-bond donors (Lipinski definition) is 1. The Hall–Kier alpha value is -2.45. The van der Waals surface area contributed by atoms with Gasteiger partial charge in [-0.1, -0.05) is 36.4 Å². The molecule has 0 saturated carbocycles. The number of hydrogen-bond acceptors (Lipinski definition) is 6. The molecule has 0 bridgehead atoms. The molecule has 0 aromatic heterocycles. The smallest absolute Gasteiger partial charge is 0.225 e. The number of β-amino-alcohol motifs (C(OH)–C–C–N with tert-alkyl or cyclic N) is 1. The number of aliphatic hydroxyl groups excluding tert-OH is 1. The summed E-state index contributed by atoms with van der Waals surface area (Å²) in [5.41, 5.74) is 3.76. The third kappa shape index (κ3) is 5.86. The van der Waals surface area contributed by atoms with E-state index in [4.69, 9.17) is 14.2 Å². The summed E-state index contributed by atoms with van der Waals surface area (Å²) in [7, 11) is 1.67. The van der Waals surface area contributed by atoms with Crippen molar-refractivity contribution < 1.29 is 24.1 Å². The van der Waals surface area contributed by atoms with E-state index in [1.165, 1.54) is 16.7 Å². The van der Waals surface area contributed by atoms with Gasteiger partial charge in [-0.15, -0.1) is 0 Å². The number of fused-ring (bicyclic) bond motifs is 2. The van der Waals surface area contributed by atoms with Crippen molar-refractivity contribution in [2.45, 2.75) is 63.1 Å². The molecule has 5 rings (SSSR count). The number of amides is 1. The zero-order valence-electron chi connectivity index (χ0n) is 20.5. The van der Waals surface area contributed by atoms with Gasteiger partial charge in [0, 0.05) is 32.2 Å². The van der Waals surface area contributed by atoms with Gasteiger partial charge in [-0.05, 0) is 48.1 Å². The summed E-state index contributed by atoms with van der Waals surface area (Å²) < 4.78 is 17.5. The molecule has 2 aromatic carbocycles. The summed E-state index contributed by atoms with van der Waals surface area (Å²) in [6, 6.07) is 16.6. The van der Waals surface area contributed by atoms with Crippen LogP contribution < -0.4 is 4.74 Å². The second-order valence-corrected chi connectivity index (χ2v) is 9.95. The highest BCUT2D eigenvalue weighted by Crippen LogP contribution is 2.30. The van der Waals surface area contributed by atoms with Crippen LogP contribution in [0.4, 0.5) is 0 Å². The quantitative estimate of drug-likeness (QED) is 0.710. The van der Waals surface area contributed by atoms with Crippen LogP contribution in [0.15, 0.2) is 48.5 Å². The van der Waals surface area contributed by atoms with Gasteiger partial charge in [0.2, 0.25) is 5.91 Å². The molecule has 2 saturated heterocycles. The largest absolute Gasteiger partial charge is 0.497 e. The molecule has 1 N–H and O–H groups in total. The van der Waals surface area contributed by atoms with Crippen LogP contribution in [-0.4, -0.2) is 78.6 Å². The highest BCUT2D eigenvalue weighted by Gasteiger charge is 2.38. The van der Waals surface area contributed by atoms with Gasteiger partial charge in [0.15, 0.2) is 0 Å². The van der Waals surface area contributed by atoms with Crippen molar-refractivity contribution in [3.05, 3.63) is 65.2 Å². The summed E-state index contributed by atoms with van der Waals surface area (Å²) in [5.74, 6) is 0.999. The molecule has 188 valence electrons. The molecule has 1 amide bonds. The zero-order chi connectivity index (χ0) is 24.2. The fraction of sp³-hybridized carbons (Fsp3) is 0.536. The summed E-state index contributed by atoms with van der Waals surface area (Å²) in [6.45, 7) is 3.44. The maximum absolute atomic E-state index is 13.1. The van der Waals surface area contributed by atoms with E-state index in [1.54, 1.807) is 7.11 Å². The minimum absolute atomic E-state index is 0.100. The first-order valence-corrected chi connectivity index (χ1v) is 12.7. The van der Waals surface area contributed by atoms with E-state index in [0.29, 0.717) is 32.7 Å².